The Kier molecular flexibility index (Phi) is 8.46. The topological polar surface area (TPSA) is 50.7 Å². The molecule has 0 atom stereocenters. The lowest BCUT2D eigenvalue weighted by Gasteiger charge is -2.35. The summed E-state index contributed by atoms with van der Waals surface area (Å²) in [6.45, 7) is 5.40. The van der Waals surface area contributed by atoms with Crippen molar-refractivity contribution in [2.24, 2.45) is 0 Å². The number of piperazine rings is 1. The molecule has 0 bridgehead atoms. The zero-order valence-electron chi connectivity index (χ0n) is 17.4. The van der Waals surface area contributed by atoms with E-state index in [1.807, 2.05) is 6.26 Å². The van der Waals surface area contributed by atoms with Crippen molar-refractivity contribution >= 4 is 30.1 Å². The van der Waals surface area contributed by atoms with Crippen molar-refractivity contribution in [3.05, 3.63) is 47.7 Å². The number of ether oxygens (including phenoxy) is 2. The molecule has 0 N–H and O–H groups in total. The van der Waals surface area contributed by atoms with Gasteiger partial charge in [-0.25, -0.2) is 18.7 Å². The third-order valence-electron chi connectivity index (χ3n) is 5.57. The van der Waals surface area contributed by atoms with Crippen LogP contribution in [0.15, 0.2) is 35.5 Å². The van der Waals surface area contributed by atoms with Gasteiger partial charge in [-0.05, 0) is 31.4 Å². The van der Waals surface area contributed by atoms with Crippen molar-refractivity contribution in [3.63, 3.8) is 0 Å². The number of thioether (sulfide) groups is 1. The summed E-state index contributed by atoms with van der Waals surface area (Å²) in [5.74, 6) is -0.828. The SMILES string of the molecule is CSc1nc(N2CCN(CCCC3(c4ccc(F)cc4)OCCO3)CC2)ncc1F.Cl. The van der Waals surface area contributed by atoms with Crippen LogP contribution in [0.25, 0.3) is 0 Å². The maximum absolute atomic E-state index is 13.6. The second-order valence-corrected chi connectivity index (χ2v) is 8.21. The van der Waals surface area contributed by atoms with Gasteiger partial charge in [0.1, 0.15) is 10.8 Å². The van der Waals surface area contributed by atoms with Crippen LogP contribution in [0.1, 0.15) is 18.4 Å². The van der Waals surface area contributed by atoms with Gasteiger partial charge in [0.15, 0.2) is 11.6 Å². The van der Waals surface area contributed by atoms with Crippen molar-refractivity contribution in [3.8, 4) is 0 Å². The minimum absolute atomic E-state index is 0. The van der Waals surface area contributed by atoms with Crippen molar-refractivity contribution < 1.29 is 18.3 Å². The Morgan fingerprint density at radius 1 is 1.06 bits per heavy atom. The van der Waals surface area contributed by atoms with Crippen molar-refractivity contribution in [2.75, 3.05) is 57.1 Å². The Hall–Kier alpha value is -1.52. The van der Waals surface area contributed by atoms with Gasteiger partial charge in [0.25, 0.3) is 0 Å². The van der Waals surface area contributed by atoms with Crippen LogP contribution >= 0.6 is 24.2 Å². The van der Waals surface area contributed by atoms with Crippen LogP contribution in [-0.2, 0) is 15.3 Å². The molecule has 6 nitrogen and oxygen atoms in total. The van der Waals surface area contributed by atoms with Gasteiger partial charge in [0, 0.05) is 38.2 Å². The molecule has 31 heavy (non-hydrogen) atoms. The molecule has 3 heterocycles. The van der Waals surface area contributed by atoms with Gasteiger partial charge in [-0.15, -0.1) is 24.2 Å². The smallest absolute Gasteiger partial charge is 0.226 e. The van der Waals surface area contributed by atoms with Gasteiger partial charge in [0.05, 0.1) is 19.4 Å². The minimum Gasteiger partial charge on any atom is -0.343 e. The molecular weight excluding hydrogens is 446 g/mol. The number of hydrogen-bond donors (Lipinski definition) is 0. The second-order valence-electron chi connectivity index (χ2n) is 7.42. The second kappa shape index (κ2) is 10.9. The van der Waals surface area contributed by atoms with Gasteiger partial charge in [-0.3, -0.25) is 4.90 Å². The van der Waals surface area contributed by atoms with Gasteiger partial charge < -0.3 is 14.4 Å². The van der Waals surface area contributed by atoms with Gasteiger partial charge in [-0.1, -0.05) is 12.1 Å². The van der Waals surface area contributed by atoms with Crippen molar-refractivity contribution in [1.82, 2.24) is 14.9 Å². The summed E-state index contributed by atoms with van der Waals surface area (Å²) in [6.07, 6.45) is 4.68. The van der Waals surface area contributed by atoms with Crippen molar-refractivity contribution in [1.29, 1.82) is 0 Å². The fraction of sp³-hybridized carbons (Fsp3) is 0.524. The van der Waals surface area contributed by atoms with E-state index >= 15 is 0 Å². The summed E-state index contributed by atoms with van der Waals surface area (Å²) in [4.78, 5) is 13.0. The summed E-state index contributed by atoms with van der Waals surface area (Å²) >= 11 is 1.29. The van der Waals surface area contributed by atoms with Crippen LogP contribution in [0.5, 0.6) is 0 Å². The van der Waals surface area contributed by atoms with E-state index in [0.29, 0.717) is 24.2 Å². The van der Waals surface area contributed by atoms with E-state index in [1.54, 1.807) is 12.1 Å². The van der Waals surface area contributed by atoms with Crippen LogP contribution < -0.4 is 4.90 Å². The highest BCUT2D eigenvalue weighted by Gasteiger charge is 2.38. The summed E-state index contributed by atoms with van der Waals surface area (Å²) in [7, 11) is 0. The fourth-order valence-corrected chi connectivity index (χ4v) is 4.38. The predicted octanol–water partition coefficient (Wildman–Crippen LogP) is 3.70. The molecule has 2 aliphatic heterocycles. The molecule has 2 fully saturated rings. The molecule has 0 unspecified atom stereocenters. The molecular formula is C21H27ClF2N4O2S. The molecule has 2 aliphatic rings. The van der Waals surface area contributed by atoms with Crippen LogP contribution in [0, 0.1) is 11.6 Å². The first-order chi connectivity index (χ1) is 14.6. The first kappa shape index (κ1) is 24.1. The average Bonchev–Trinajstić information content (AvgIpc) is 3.25. The summed E-state index contributed by atoms with van der Waals surface area (Å²) < 4.78 is 38.8. The first-order valence-corrected chi connectivity index (χ1v) is 11.4. The van der Waals surface area contributed by atoms with Crippen molar-refractivity contribution in [2.45, 2.75) is 23.7 Å². The lowest BCUT2D eigenvalue weighted by atomic mass is 10.00. The zero-order chi connectivity index (χ0) is 21.0. The Morgan fingerprint density at radius 3 is 2.39 bits per heavy atom. The third-order valence-corrected chi connectivity index (χ3v) is 6.24. The maximum atomic E-state index is 13.6. The highest BCUT2D eigenvalue weighted by molar-refractivity contribution is 7.98. The van der Waals surface area contributed by atoms with E-state index in [4.69, 9.17) is 9.47 Å². The average molecular weight is 473 g/mol. The lowest BCUT2D eigenvalue weighted by Crippen LogP contribution is -2.47. The quantitative estimate of drug-likeness (QED) is 0.450. The summed E-state index contributed by atoms with van der Waals surface area (Å²) in [5, 5.41) is 0.380. The molecule has 0 spiro atoms. The first-order valence-electron chi connectivity index (χ1n) is 10.2. The molecule has 4 rings (SSSR count). The zero-order valence-corrected chi connectivity index (χ0v) is 19.1. The number of halogens is 3. The molecule has 0 saturated carbocycles. The molecule has 2 saturated heterocycles. The highest BCUT2D eigenvalue weighted by atomic mass is 35.5. The molecule has 0 radical (unpaired) electrons. The Balaban J connectivity index is 0.00000272. The molecule has 2 aromatic rings. The van der Waals surface area contributed by atoms with E-state index in [0.717, 1.165) is 51.1 Å². The van der Waals surface area contributed by atoms with E-state index in [-0.39, 0.29) is 24.0 Å². The highest BCUT2D eigenvalue weighted by Crippen LogP contribution is 2.36. The molecule has 170 valence electrons. The maximum Gasteiger partial charge on any atom is 0.226 e. The molecule has 1 aromatic carbocycles. The van der Waals surface area contributed by atoms with Gasteiger partial charge in [-0.2, -0.15) is 0 Å². The number of hydrogen-bond acceptors (Lipinski definition) is 7. The monoisotopic (exact) mass is 472 g/mol. The Morgan fingerprint density at radius 2 is 1.74 bits per heavy atom. The lowest BCUT2D eigenvalue weighted by molar-refractivity contribution is -0.172. The standard InChI is InChI=1S/C21H26F2N4O2S.ClH/c1-30-19-18(23)15-24-20(25-19)27-11-9-26(10-12-27)8-2-7-21(28-13-14-29-21)16-3-5-17(22)6-4-16;/h3-6,15H,2,7-14H2,1H3;1H. The number of nitrogens with zero attached hydrogens (tertiary/aromatic N) is 4. The number of rotatable bonds is 7. The van der Waals surface area contributed by atoms with Gasteiger partial charge in [0.2, 0.25) is 5.95 Å². The number of aromatic nitrogens is 2. The van der Waals surface area contributed by atoms with Crippen LogP contribution in [0.4, 0.5) is 14.7 Å². The van der Waals surface area contributed by atoms with Gasteiger partial charge >= 0.3 is 0 Å². The van der Waals surface area contributed by atoms with E-state index < -0.39 is 5.79 Å². The summed E-state index contributed by atoms with van der Waals surface area (Å²) in [5.41, 5.74) is 0.865. The Labute approximate surface area is 191 Å². The molecule has 1 aromatic heterocycles. The molecule has 10 heteroatoms. The Bertz CT molecular complexity index is 848. The minimum atomic E-state index is -0.772. The fourth-order valence-electron chi connectivity index (χ4n) is 3.96. The van der Waals surface area contributed by atoms with E-state index in [2.05, 4.69) is 19.8 Å². The molecule has 0 amide bonds. The number of anilines is 1. The third kappa shape index (κ3) is 5.64. The van der Waals surface area contributed by atoms with E-state index in [9.17, 15) is 8.78 Å². The summed E-state index contributed by atoms with van der Waals surface area (Å²) in [6, 6.07) is 6.37. The molecule has 0 aliphatic carbocycles. The van der Waals surface area contributed by atoms with E-state index in [1.165, 1.54) is 30.1 Å². The predicted molar refractivity (Wildman–Crippen MR) is 119 cm³/mol. The van der Waals surface area contributed by atoms with Crippen LogP contribution in [0.2, 0.25) is 0 Å². The van der Waals surface area contributed by atoms with Crippen LogP contribution in [-0.4, -0.2) is 67.1 Å². The van der Waals surface area contributed by atoms with Crippen LogP contribution in [0.3, 0.4) is 0 Å². The number of benzene rings is 1. The largest absolute Gasteiger partial charge is 0.343 e. The normalized spacial score (nSPS) is 18.7.